The van der Waals surface area contributed by atoms with Gasteiger partial charge in [-0.25, -0.2) is 0 Å². The summed E-state index contributed by atoms with van der Waals surface area (Å²) in [6.45, 7) is 1.99. The lowest BCUT2D eigenvalue weighted by molar-refractivity contribution is 0.492. The van der Waals surface area contributed by atoms with Crippen LogP contribution in [-0.2, 0) is 0 Å². The number of aryl methyl sites for hydroxylation is 1. The maximum absolute atomic E-state index is 5.72. The minimum atomic E-state index is 0.176. The van der Waals surface area contributed by atoms with Crippen LogP contribution in [0.3, 0.4) is 0 Å². The molecule has 1 aromatic carbocycles. The third kappa shape index (κ3) is 2.05. The number of hydrogen-bond acceptors (Lipinski definition) is 5. The molecule has 3 atom stereocenters. The molecule has 3 rings (SSSR count). The number of rotatable bonds is 4. The maximum atomic E-state index is 5.72. The van der Waals surface area contributed by atoms with E-state index in [2.05, 4.69) is 45.3 Å². The maximum Gasteiger partial charge on any atom is 0.0773 e. The van der Waals surface area contributed by atoms with Crippen molar-refractivity contribution in [1.29, 1.82) is 0 Å². The van der Waals surface area contributed by atoms with Crippen molar-refractivity contribution in [2.45, 2.75) is 25.3 Å². The predicted molar refractivity (Wildman–Crippen MR) is 72.0 cm³/mol. The Labute approximate surface area is 110 Å². The molecule has 1 aromatic heterocycles. The Morgan fingerprint density at radius 1 is 1.39 bits per heavy atom. The molecule has 1 aliphatic carbocycles. The van der Waals surface area contributed by atoms with Gasteiger partial charge in [0, 0.05) is 0 Å². The third-order valence-corrected chi connectivity index (χ3v) is 4.55. The van der Waals surface area contributed by atoms with E-state index in [4.69, 9.17) is 5.84 Å². The van der Waals surface area contributed by atoms with Crippen molar-refractivity contribution in [2.75, 3.05) is 0 Å². The van der Waals surface area contributed by atoms with E-state index in [1.54, 1.807) is 0 Å². The van der Waals surface area contributed by atoms with Crippen LogP contribution in [0.2, 0.25) is 0 Å². The molecule has 0 aliphatic heterocycles. The molecular weight excluding hydrogens is 244 g/mol. The molecule has 0 saturated heterocycles. The second-order valence-corrected chi connectivity index (χ2v) is 5.57. The number of hydrazine groups is 1. The highest BCUT2D eigenvalue weighted by Crippen LogP contribution is 2.54. The van der Waals surface area contributed by atoms with Crippen LogP contribution < -0.4 is 11.3 Å². The molecule has 5 heteroatoms. The SMILES string of the molecule is Cc1nnsc1C(NN)C1CC1c1ccccc1. The first kappa shape index (κ1) is 11.8. The lowest BCUT2D eigenvalue weighted by atomic mass is 10.0. The highest BCUT2D eigenvalue weighted by Gasteiger charge is 2.45. The molecular formula is C13H16N4S. The van der Waals surface area contributed by atoms with E-state index in [1.807, 2.05) is 6.92 Å². The molecule has 3 unspecified atom stereocenters. The largest absolute Gasteiger partial charge is 0.271 e. The van der Waals surface area contributed by atoms with Crippen molar-refractivity contribution in [3.63, 3.8) is 0 Å². The summed E-state index contributed by atoms with van der Waals surface area (Å²) < 4.78 is 3.99. The lowest BCUT2D eigenvalue weighted by Crippen LogP contribution is -2.29. The molecule has 1 aliphatic rings. The summed E-state index contributed by atoms with van der Waals surface area (Å²) in [5.41, 5.74) is 5.33. The van der Waals surface area contributed by atoms with Crippen LogP contribution in [0.15, 0.2) is 30.3 Å². The highest BCUT2D eigenvalue weighted by molar-refractivity contribution is 7.05. The lowest BCUT2D eigenvalue weighted by Gasteiger charge is -2.14. The molecule has 1 saturated carbocycles. The molecule has 0 bridgehead atoms. The first-order chi connectivity index (χ1) is 8.81. The van der Waals surface area contributed by atoms with Gasteiger partial charge in [-0.1, -0.05) is 34.8 Å². The molecule has 3 N–H and O–H groups in total. The van der Waals surface area contributed by atoms with E-state index in [-0.39, 0.29) is 6.04 Å². The Bertz CT molecular complexity index is 525. The summed E-state index contributed by atoms with van der Waals surface area (Å²) in [4.78, 5) is 1.17. The molecule has 2 aromatic rings. The van der Waals surface area contributed by atoms with Gasteiger partial charge in [0.1, 0.15) is 0 Å². The topological polar surface area (TPSA) is 63.8 Å². The van der Waals surface area contributed by atoms with Crippen LogP contribution in [0.4, 0.5) is 0 Å². The van der Waals surface area contributed by atoms with Gasteiger partial charge < -0.3 is 0 Å². The van der Waals surface area contributed by atoms with E-state index < -0.39 is 0 Å². The summed E-state index contributed by atoms with van der Waals surface area (Å²) in [6, 6.07) is 10.8. The molecule has 0 amide bonds. The summed E-state index contributed by atoms with van der Waals surface area (Å²) in [7, 11) is 0. The van der Waals surface area contributed by atoms with E-state index >= 15 is 0 Å². The van der Waals surface area contributed by atoms with E-state index in [0.717, 1.165) is 5.69 Å². The standard InChI is InChI=1S/C13H16N4S/c1-8-13(18-17-16-8)12(15-14)11-7-10(11)9-5-3-2-4-6-9/h2-6,10-12,15H,7,14H2,1H3. The first-order valence-corrected chi connectivity index (χ1v) is 6.88. The summed E-state index contributed by atoms with van der Waals surface area (Å²) in [5, 5.41) is 4.07. The van der Waals surface area contributed by atoms with Crippen molar-refractivity contribution in [3.05, 3.63) is 46.5 Å². The van der Waals surface area contributed by atoms with Gasteiger partial charge in [-0.05, 0) is 42.3 Å². The van der Waals surface area contributed by atoms with Crippen molar-refractivity contribution in [3.8, 4) is 0 Å². The van der Waals surface area contributed by atoms with E-state index in [1.165, 1.54) is 28.4 Å². The van der Waals surface area contributed by atoms with Crippen molar-refractivity contribution >= 4 is 11.5 Å². The Balaban J connectivity index is 1.79. The molecule has 1 fully saturated rings. The van der Waals surface area contributed by atoms with Gasteiger partial charge >= 0.3 is 0 Å². The van der Waals surface area contributed by atoms with Crippen LogP contribution in [0.1, 0.15) is 34.5 Å². The number of nitrogens with two attached hydrogens (primary N) is 1. The van der Waals surface area contributed by atoms with Gasteiger partial charge in [0.05, 0.1) is 16.6 Å². The van der Waals surface area contributed by atoms with E-state index in [9.17, 15) is 0 Å². The number of benzene rings is 1. The molecule has 0 spiro atoms. The fourth-order valence-corrected chi connectivity index (χ4v) is 3.36. The van der Waals surface area contributed by atoms with Gasteiger partial charge in [0.15, 0.2) is 0 Å². The second-order valence-electron chi connectivity index (χ2n) is 4.78. The van der Waals surface area contributed by atoms with Gasteiger partial charge in [0.2, 0.25) is 0 Å². The van der Waals surface area contributed by atoms with Gasteiger partial charge in [-0.3, -0.25) is 11.3 Å². The number of nitrogens with one attached hydrogen (secondary N) is 1. The summed E-state index contributed by atoms with van der Waals surface area (Å²) in [5.74, 6) is 6.87. The smallest absolute Gasteiger partial charge is 0.0773 e. The Kier molecular flexibility index (Phi) is 3.11. The number of aromatic nitrogens is 2. The monoisotopic (exact) mass is 260 g/mol. The van der Waals surface area contributed by atoms with Crippen LogP contribution in [0.25, 0.3) is 0 Å². The second kappa shape index (κ2) is 4.76. The molecule has 1 heterocycles. The van der Waals surface area contributed by atoms with Crippen molar-refractivity contribution in [2.24, 2.45) is 11.8 Å². The van der Waals surface area contributed by atoms with Gasteiger partial charge in [0.25, 0.3) is 0 Å². The average Bonchev–Trinajstić information content (AvgIpc) is 3.08. The van der Waals surface area contributed by atoms with Crippen molar-refractivity contribution in [1.82, 2.24) is 15.0 Å². The Morgan fingerprint density at radius 2 is 2.17 bits per heavy atom. The van der Waals surface area contributed by atoms with Gasteiger partial charge in [-0.15, -0.1) is 5.10 Å². The first-order valence-electron chi connectivity index (χ1n) is 6.11. The van der Waals surface area contributed by atoms with Gasteiger partial charge in [-0.2, -0.15) is 0 Å². The van der Waals surface area contributed by atoms with E-state index in [0.29, 0.717) is 11.8 Å². The quantitative estimate of drug-likeness (QED) is 0.653. The van der Waals surface area contributed by atoms with Crippen LogP contribution in [0.5, 0.6) is 0 Å². The summed E-state index contributed by atoms with van der Waals surface area (Å²) in [6.07, 6.45) is 1.18. The fourth-order valence-electron chi connectivity index (χ4n) is 2.58. The average molecular weight is 260 g/mol. The van der Waals surface area contributed by atoms with Crippen LogP contribution in [0, 0.1) is 12.8 Å². The third-order valence-electron chi connectivity index (χ3n) is 3.64. The minimum Gasteiger partial charge on any atom is -0.271 e. The zero-order chi connectivity index (χ0) is 12.5. The molecule has 0 radical (unpaired) electrons. The zero-order valence-corrected chi connectivity index (χ0v) is 11.0. The Hall–Kier alpha value is -1.30. The predicted octanol–water partition coefficient (Wildman–Crippen LogP) is 2.15. The molecule has 94 valence electrons. The number of nitrogens with zero attached hydrogens (tertiary/aromatic N) is 2. The highest BCUT2D eigenvalue weighted by atomic mass is 32.1. The molecule has 4 nitrogen and oxygen atoms in total. The Morgan fingerprint density at radius 3 is 2.78 bits per heavy atom. The normalized spacial score (nSPS) is 23.9. The molecule has 18 heavy (non-hydrogen) atoms. The fraction of sp³-hybridized carbons (Fsp3) is 0.385. The number of hydrogen-bond donors (Lipinski definition) is 2. The summed E-state index contributed by atoms with van der Waals surface area (Å²) >= 11 is 1.44. The van der Waals surface area contributed by atoms with Crippen LogP contribution >= 0.6 is 11.5 Å². The van der Waals surface area contributed by atoms with Crippen LogP contribution in [-0.4, -0.2) is 9.59 Å². The zero-order valence-electron chi connectivity index (χ0n) is 10.2. The van der Waals surface area contributed by atoms with Crippen molar-refractivity contribution < 1.29 is 0 Å². The minimum absolute atomic E-state index is 0.176.